The molecule has 0 aromatic heterocycles. The van der Waals surface area contributed by atoms with Gasteiger partial charge in [0.25, 0.3) is 0 Å². The van der Waals surface area contributed by atoms with E-state index in [9.17, 15) is 9.50 Å². The number of benzene rings is 1. The number of rotatable bonds is 3. The van der Waals surface area contributed by atoms with Gasteiger partial charge in [0.2, 0.25) is 0 Å². The Balaban J connectivity index is 1.97. The second kappa shape index (κ2) is 6.02. The molecular weight excluding hydrogens is 297 g/mol. The van der Waals surface area contributed by atoms with Crippen LogP contribution in [0.4, 0.5) is 10.1 Å². The Morgan fingerprint density at radius 2 is 1.89 bits per heavy atom. The molecule has 1 aliphatic carbocycles. The molecule has 1 aromatic carbocycles. The molecule has 4 heteroatoms. The molecule has 1 fully saturated rings. The highest BCUT2D eigenvalue weighted by atomic mass is 79.9. The summed E-state index contributed by atoms with van der Waals surface area (Å²) >= 11 is 3.32. The molecule has 0 amide bonds. The van der Waals surface area contributed by atoms with Crippen LogP contribution in [0.2, 0.25) is 0 Å². The quantitative estimate of drug-likeness (QED) is 0.824. The molecule has 0 atom stereocenters. The summed E-state index contributed by atoms with van der Waals surface area (Å²) in [4.78, 5) is 0. The molecule has 100 valence electrons. The van der Waals surface area contributed by atoms with Crippen molar-refractivity contribution in [1.82, 2.24) is 0 Å². The van der Waals surface area contributed by atoms with E-state index in [1.54, 1.807) is 6.07 Å². The van der Waals surface area contributed by atoms with Crippen molar-refractivity contribution in [3.63, 3.8) is 0 Å². The van der Waals surface area contributed by atoms with Gasteiger partial charge in [0.15, 0.2) is 0 Å². The third-order valence-corrected chi connectivity index (χ3v) is 4.23. The monoisotopic (exact) mass is 315 g/mol. The van der Waals surface area contributed by atoms with Gasteiger partial charge in [0.05, 0.1) is 5.60 Å². The normalized spacial score (nSPS) is 19.3. The Kier molecular flexibility index (Phi) is 4.62. The Morgan fingerprint density at radius 3 is 2.50 bits per heavy atom. The van der Waals surface area contributed by atoms with E-state index in [1.165, 1.54) is 25.0 Å². The Morgan fingerprint density at radius 1 is 1.22 bits per heavy atom. The second-order valence-corrected chi connectivity index (χ2v) is 5.97. The van der Waals surface area contributed by atoms with Crippen molar-refractivity contribution in [2.24, 2.45) is 0 Å². The van der Waals surface area contributed by atoms with Crippen LogP contribution in [0.15, 0.2) is 22.7 Å². The van der Waals surface area contributed by atoms with Gasteiger partial charge in [-0.1, -0.05) is 25.7 Å². The van der Waals surface area contributed by atoms with E-state index >= 15 is 0 Å². The van der Waals surface area contributed by atoms with Crippen LogP contribution >= 0.6 is 15.9 Å². The average molecular weight is 316 g/mol. The van der Waals surface area contributed by atoms with Gasteiger partial charge in [-0.05, 0) is 47.0 Å². The lowest BCUT2D eigenvalue weighted by molar-refractivity contribution is 0.0381. The highest BCUT2D eigenvalue weighted by Gasteiger charge is 2.27. The zero-order valence-corrected chi connectivity index (χ0v) is 12.0. The summed E-state index contributed by atoms with van der Waals surface area (Å²) in [6.45, 7) is 0.525. The number of hydrogen-bond donors (Lipinski definition) is 2. The molecule has 0 saturated heterocycles. The lowest BCUT2D eigenvalue weighted by Gasteiger charge is -2.27. The fourth-order valence-corrected chi connectivity index (χ4v) is 2.95. The fourth-order valence-electron chi connectivity index (χ4n) is 2.46. The van der Waals surface area contributed by atoms with Crippen LogP contribution in [0.25, 0.3) is 0 Å². The van der Waals surface area contributed by atoms with Gasteiger partial charge >= 0.3 is 0 Å². The SMILES string of the molecule is OC1(CNc2ccc(F)cc2Br)CCCCCC1. The Bertz CT molecular complexity index is 403. The number of halogens is 2. The first kappa shape index (κ1) is 13.8. The lowest BCUT2D eigenvalue weighted by atomic mass is 9.94. The van der Waals surface area contributed by atoms with E-state index in [0.717, 1.165) is 31.4 Å². The van der Waals surface area contributed by atoms with Crippen LogP contribution in [0, 0.1) is 5.82 Å². The van der Waals surface area contributed by atoms with Crippen molar-refractivity contribution in [3.05, 3.63) is 28.5 Å². The maximum Gasteiger partial charge on any atom is 0.124 e. The number of nitrogens with one attached hydrogen (secondary N) is 1. The number of aliphatic hydroxyl groups is 1. The van der Waals surface area contributed by atoms with E-state index in [-0.39, 0.29) is 5.82 Å². The molecule has 0 bridgehead atoms. The summed E-state index contributed by atoms with van der Waals surface area (Å²) in [6.07, 6.45) is 6.29. The largest absolute Gasteiger partial charge is 0.388 e. The van der Waals surface area contributed by atoms with Gasteiger partial charge < -0.3 is 10.4 Å². The molecule has 0 unspecified atom stereocenters. The fraction of sp³-hybridized carbons (Fsp3) is 0.571. The zero-order valence-electron chi connectivity index (χ0n) is 10.4. The molecule has 0 spiro atoms. The number of anilines is 1. The summed E-state index contributed by atoms with van der Waals surface area (Å²) < 4.78 is 13.7. The topological polar surface area (TPSA) is 32.3 Å². The third-order valence-electron chi connectivity index (χ3n) is 3.57. The van der Waals surface area contributed by atoms with Crippen LogP contribution in [0.1, 0.15) is 38.5 Å². The van der Waals surface area contributed by atoms with Gasteiger partial charge in [0, 0.05) is 16.7 Å². The minimum Gasteiger partial charge on any atom is -0.388 e. The molecule has 2 nitrogen and oxygen atoms in total. The molecular formula is C14H19BrFNO. The standard InChI is InChI=1S/C14H19BrFNO/c15-12-9-11(16)5-6-13(12)17-10-14(18)7-3-1-2-4-8-14/h5-6,9,17-18H,1-4,7-8,10H2. The molecule has 0 radical (unpaired) electrons. The second-order valence-electron chi connectivity index (χ2n) is 5.12. The minimum atomic E-state index is -0.621. The van der Waals surface area contributed by atoms with Crippen LogP contribution in [-0.2, 0) is 0 Å². The summed E-state index contributed by atoms with van der Waals surface area (Å²) in [6, 6.07) is 4.54. The predicted octanol–water partition coefficient (Wildman–Crippen LogP) is 4.09. The van der Waals surface area contributed by atoms with Gasteiger partial charge in [-0.15, -0.1) is 0 Å². The van der Waals surface area contributed by atoms with Gasteiger partial charge in [-0.3, -0.25) is 0 Å². The van der Waals surface area contributed by atoms with E-state index in [0.29, 0.717) is 11.0 Å². The van der Waals surface area contributed by atoms with Crippen LogP contribution in [0.3, 0.4) is 0 Å². The smallest absolute Gasteiger partial charge is 0.124 e. The van der Waals surface area contributed by atoms with Crippen LogP contribution in [-0.4, -0.2) is 17.3 Å². The van der Waals surface area contributed by atoms with Crippen molar-refractivity contribution in [2.75, 3.05) is 11.9 Å². The van der Waals surface area contributed by atoms with E-state index < -0.39 is 5.60 Å². The first-order chi connectivity index (χ1) is 8.59. The highest BCUT2D eigenvalue weighted by molar-refractivity contribution is 9.10. The van der Waals surface area contributed by atoms with Crippen molar-refractivity contribution in [2.45, 2.75) is 44.1 Å². The Labute approximate surface area is 116 Å². The zero-order chi connectivity index (χ0) is 13.0. The molecule has 0 aliphatic heterocycles. The van der Waals surface area contributed by atoms with Crippen molar-refractivity contribution in [3.8, 4) is 0 Å². The van der Waals surface area contributed by atoms with Crippen molar-refractivity contribution in [1.29, 1.82) is 0 Å². The maximum absolute atomic E-state index is 13.0. The summed E-state index contributed by atoms with van der Waals surface area (Å²) in [5.41, 5.74) is 0.207. The predicted molar refractivity (Wildman–Crippen MR) is 75.2 cm³/mol. The first-order valence-corrected chi connectivity index (χ1v) is 7.30. The summed E-state index contributed by atoms with van der Waals surface area (Å²) in [5.74, 6) is -0.263. The van der Waals surface area contributed by atoms with Crippen LogP contribution < -0.4 is 5.32 Å². The van der Waals surface area contributed by atoms with Gasteiger partial charge in [-0.2, -0.15) is 0 Å². The van der Waals surface area contributed by atoms with E-state index in [4.69, 9.17) is 0 Å². The molecule has 0 heterocycles. The molecule has 1 aliphatic rings. The molecule has 2 rings (SSSR count). The minimum absolute atomic E-state index is 0.263. The maximum atomic E-state index is 13.0. The highest BCUT2D eigenvalue weighted by Crippen LogP contribution is 2.29. The van der Waals surface area contributed by atoms with E-state index in [1.807, 2.05) is 0 Å². The van der Waals surface area contributed by atoms with Crippen LogP contribution in [0.5, 0.6) is 0 Å². The third kappa shape index (κ3) is 3.69. The molecule has 1 saturated carbocycles. The Hall–Kier alpha value is -0.610. The van der Waals surface area contributed by atoms with E-state index in [2.05, 4.69) is 21.2 Å². The number of hydrogen-bond acceptors (Lipinski definition) is 2. The van der Waals surface area contributed by atoms with Crippen molar-refractivity contribution < 1.29 is 9.50 Å². The molecule has 1 aromatic rings. The summed E-state index contributed by atoms with van der Waals surface area (Å²) in [5, 5.41) is 13.7. The lowest BCUT2D eigenvalue weighted by Crippen LogP contribution is -2.36. The van der Waals surface area contributed by atoms with Crippen molar-refractivity contribution >= 4 is 21.6 Å². The molecule has 18 heavy (non-hydrogen) atoms. The van der Waals surface area contributed by atoms with Gasteiger partial charge in [-0.25, -0.2) is 4.39 Å². The summed E-state index contributed by atoms with van der Waals surface area (Å²) in [7, 11) is 0. The first-order valence-electron chi connectivity index (χ1n) is 6.50. The average Bonchev–Trinajstić information content (AvgIpc) is 2.54. The van der Waals surface area contributed by atoms with Gasteiger partial charge in [0.1, 0.15) is 5.82 Å². The molecule has 2 N–H and O–H groups in total.